The van der Waals surface area contributed by atoms with Gasteiger partial charge < -0.3 is 15.6 Å². The third-order valence-corrected chi connectivity index (χ3v) is 3.89. The van der Waals surface area contributed by atoms with Crippen LogP contribution < -0.4 is 10.5 Å². The summed E-state index contributed by atoms with van der Waals surface area (Å²) in [5, 5.41) is 11.7. The van der Waals surface area contributed by atoms with Gasteiger partial charge in [0.1, 0.15) is 17.4 Å². The molecule has 0 radical (unpaired) electrons. The SMILES string of the molecule is CC(C)Oc1ccc(F)cc1C1(O)C(N)=Nc2ccc(Cl)cc21. The Kier molecular flexibility index (Phi) is 3.78. The van der Waals surface area contributed by atoms with Crippen LogP contribution in [0.1, 0.15) is 25.0 Å². The maximum absolute atomic E-state index is 13.8. The first-order valence-electron chi connectivity index (χ1n) is 7.16. The van der Waals surface area contributed by atoms with Crippen molar-refractivity contribution in [3.8, 4) is 5.75 Å². The summed E-state index contributed by atoms with van der Waals surface area (Å²) >= 11 is 6.03. The van der Waals surface area contributed by atoms with Gasteiger partial charge in [-0.2, -0.15) is 0 Å². The van der Waals surface area contributed by atoms with E-state index in [0.29, 0.717) is 22.0 Å². The fourth-order valence-electron chi connectivity index (χ4n) is 2.67. The van der Waals surface area contributed by atoms with Crippen LogP contribution in [0.15, 0.2) is 41.4 Å². The first kappa shape index (κ1) is 15.8. The van der Waals surface area contributed by atoms with Gasteiger partial charge in [0.25, 0.3) is 0 Å². The highest BCUT2D eigenvalue weighted by molar-refractivity contribution is 6.30. The quantitative estimate of drug-likeness (QED) is 0.902. The van der Waals surface area contributed by atoms with Gasteiger partial charge in [0, 0.05) is 16.1 Å². The van der Waals surface area contributed by atoms with Gasteiger partial charge >= 0.3 is 0 Å². The molecule has 2 aromatic rings. The number of aliphatic imine (C=N–C) groups is 1. The summed E-state index contributed by atoms with van der Waals surface area (Å²) < 4.78 is 19.5. The lowest BCUT2D eigenvalue weighted by atomic mass is 9.85. The highest BCUT2D eigenvalue weighted by Crippen LogP contribution is 2.45. The number of benzene rings is 2. The molecular formula is C17H16ClFN2O2. The van der Waals surface area contributed by atoms with Crippen LogP contribution in [0.3, 0.4) is 0 Å². The highest BCUT2D eigenvalue weighted by atomic mass is 35.5. The average molecular weight is 335 g/mol. The number of hydrogen-bond donors (Lipinski definition) is 2. The predicted molar refractivity (Wildman–Crippen MR) is 87.9 cm³/mol. The van der Waals surface area contributed by atoms with Gasteiger partial charge in [-0.3, -0.25) is 0 Å². The number of ether oxygens (including phenoxy) is 1. The second kappa shape index (κ2) is 5.51. The fraction of sp³-hybridized carbons (Fsp3) is 0.235. The zero-order valence-corrected chi connectivity index (χ0v) is 13.4. The minimum Gasteiger partial charge on any atom is -0.491 e. The number of nitrogens with two attached hydrogens (primary N) is 1. The third kappa shape index (κ3) is 2.56. The molecule has 0 spiro atoms. The van der Waals surface area contributed by atoms with Gasteiger partial charge in [-0.15, -0.1) is 0 Å². The predicted octanol–water partition coefficient (Wildman–Crippen LogP) is 3.50. The van der Waals surface area contributed by atoms with Crippen LogP contribution in [0.4, 0.5) is 10.1 Å². The van der Waals surface area contributed by atoms with Crippen LogP contribution in [-0.2, 0) is 5.60 Å². The van der Waals surface area contributed by atoms with Crippen molar-refractivity contribution in [2.75, 3.05) is 0 Å². The number of halogens is 2. The lowest BCUT2D eigenvalue weighted by molar-refractivity contribution is 0.147. The second-order valence-electron chi connectivity index (χ2n) is 5.68. The van der Waals surface area contributed by atoms with Crippen molar-refractivity contribution in [1.82, 2.24) is 0 Å². The molecule has 1 unspecified atom stereocenters. The zero-order valence-electron chi connectivity index (χ0n) is 12.7. The van der Waals surface area contributed by atoms with Crippen LogP contribution >= 0.6 is 11.6 Å². The summed E-state index contributed by atoms with van der Waals surface area (Å²) in [5.74, 6) is -0.211. The zero-order chi connectivity index (χ0) is 16.8. The van der Waals surface area contributed by atoms with Crippen LogP contribution in [0.25, 0.3) is 0 Å². The Labute approximate surface area is 138 Å². The molecule has 2 aromatic carbocycles. The molecule has 1 heterocycles. The van der Waals surface area contributed by atoms with Crippen LogP contribution in [0, 0.1) is 5.82 Å². The van der Waals surface area contributed by atoms with E-state index in [2.05, 4.69) is 4.99 Å². The van der Waals surface area contributed by atoms with E-state index in [4.69, 9.17) is 22.1 Å². The Hall–Kier alpha value is -2.11. The number of rotatable bonds is 3. The van der Waals surface area contributed by atoms with E-state index in [1.54, 1.807) is 18.2 Å². The number of amidine groups is 1. The minimum atomic E-state index is -1.79. The summed E-state index contributed by atoms with van der Waals surface area (Å²) in [5.41, 5.74) is 5.29. The standard InChI is InChI=1S/C17H16ClFN2O2/c1-9(2)23-15-6-4-11(19)8-13(15)17(22)12-7-10(18)3-5-14(12)21-16(17)20/h3-9,22H,1-2H3,(H2,20,21). The first-order chi connectivity index (χ1) is 10.8. The van der Waals surface area contributed by atoms with E-state index in [0.717, 1.165) is 0 Å². The molecule has 1 aliphatic rings. The van der Waals surface area contributed by atoms with Crippen molar-refractivity contribution in [3.05, 3.63) is 58.4 Å². The van der Waals surface area contributed by atoms with E-state index in [1.807, 2.05) is 13.8 Å². The normalized spacial score (nSPS) is 19.7. The number of aliphatic hydroxyl groups is 1. The summed E-state index contributed by atoms with van der Waals surface area (Å²) in [6.45, 7) is 3.68. The van der Waals surface area contributed by atoms with Crippen molar-refractivity contribution >= 4 is 23.1 Å². The van der Waals surface area contributed by atoms with E-state index in [9.17, 15) is 9.50 Å². The first-order valence-corrected chi connectivity index (χ1v) is 7.54. The van der Waals surface area contributed by atoms with Crippen LogP contribution in [0.2, 0.25) is 5.02 Å². The third-order valence-electron chi connectivity index (χ3n) is 3.65. The van der Waals surface area contributed by atoms with Gasteiger partial charge in [0.15, 0.2) is 5.60 Å². The van der Waals surface area contributed by atoms with Gasteiger partial charge in [-0.05, 0) is 50.2 Å². The number of hydrogen-bond acceptors (Lipinski definition) is 4. The smallest absolute Gasteiger partial charge is 0.178 e. The molecule has 1 atom stereocenters. The van der Waals surface area contributed by atoms with Crippen molar-refractivity contribution < 1.29 is 14.2 Å². The van der Waals surface area contributed by atoms with E-state index >= 15 is 0 Å². The molecule has 0 saturated heterocycles. The Morgan fingerprint density at radius 1 is 1.22 bits per heavy atom. The van der Waals surface area contributed by atoms with Gasteiger partial charge in [-0.25, -0.2) is 9.38 Å². The van der Waals surface area contributed by atoms with E-state index < -0.39 is 11.4 Å². The molecule has 0 amide bonds. The maximum Gasteiger partial charge on any atom is 0.178 e. The molecule has 0 bridgehead atoms. The minimum absolute atomic E-state index is 0.0472. The summed E-state index contributed by atoms with van der Waals surface area (Å²) in [7, 11) is 0. The number of fused-ring (bicyclic) bond motifs is 1. The maximum atomic E-state index is 13.8. The molecule has 3 N–H and O–H groups in total. The Morgan fingerprint density at radius 3 is 2.65 bits per heavy atom. The number of nitrogens with zero attached hydrogens (tertiary/aromatic N) is 1. The fourth-order valence-corrected chi connectivity index (χ4v) is 2.84. The van der Waals surface area contributed by atoms with Crippen molar-refractivity contribution in [1.29, 1.82) is 0 Å². The monoisotopic (exact) mass is 334 g/mol. The molecule has 0 aromatic heterocycles. The van der Waals surface area contributed by atoms with E-state index in [-0.39, 0.29) is 17.5 Å². The lowest BCUT2D eigenvalue weighted by Gasteiger charge is -2.27. The molecule has 1 aliphatic heterocycles. The van der Waals surface area contributed by atoms with Crippen LogP contribution in [-0.4, -0.2) is 17.0 Å². The summed E-state index contributed by atoms with van der Waals surface area (Å²) in [6, 6.07) is 8.83. The van der Waals surface area contributed by atoms with Crippen molar-refractivity contribution in [3.63, 3.8) is 0 Å². The molecule has 6 heteroatoms. The van der Waals surface area contributed by atoms with Gasteiger partial charge in [-0.1, -0.05) is 11.6 Å². The molecular weight excluding hydrogens is 319 g/mol. The topological polar surface area (TPSA) is 67.8 Å². The lowest BCUT2D eigenvalue weighted by Crippen LogP contribution is -2.40. The van der Waals surface area contributed by atoms with Gasteiger partial charge in [0.2, 0.25) is 0 Å². The Balaban J connectivity index is 2.24. The van der Waals surface area contributed by atoms with Crippen molar-refractivity contribution in [2.24, 2.45) is 10.7 Å². The van der Waals surface area contributed by atoms with E-state index in [1.165, 1.54) is 18.2 Å². The van der Waals surface area contributed by atoms with Gasteiger partial charge in [0.05, 0.1) is 11.8 Å². The second-order valence-corrected chi connectivity index (χ2v) is 6.11. The van der Waals surface area contributed by atoms with Crippen molar-refractivity contribution in [2.45, 2.75) is 25.6 Å². The molecule has 3 rings (SSSR count). The largest absolute Gasteiger partial charge is 0.491 e. The molecule has 120 valence electrons. The highest BCUT2D eigenvalue weighted by Gasteiger charge is 2.44. The molecule has 0 aliphatic carbocycles. The summed E-state index contributed by atoms with van der Waals surface area (Å²) in [6.07, 6.45) is -0.152. The Bertz CT molecular complexity index is 807. The average Bonchev–Trinajstić information content (AvgIpc) is 2.73. The Morgan fingerprint density at radius 2 is 1.96 bits per heavy atom. The molecule has 0 fully saturated rings. The summed E-state index contributed by atoms with van der Waals surface area (Å²) in [4.78, 5) is 4.18. The molecule has 4 nitrogen and oxygen atoms in total. The molecule has 0 saturated carbocycles. The van der Waals surface area contributed by atoms with Crippen LogP contribution in [0.5, 0.6) is 5.75 Å². The molecule has 23 heavy (non-hydrogen) atoms.